The summed E-state index contributed by atoms with van der Waals surface area (Å²) in [7, 11) is 1.14. The molecule has 0 aromatic heterocycles. The van der Waals surface area contributed by atoms with E-state index in [-0.39, 0.29) is 0 Å². The van der Waals surface area contributed by atoms with Gasteiger partial charge in [0.05, 0.1) is 45.7 Å². The minimum Gasteiger partial charge on any atom is -0.394 e. The standard InChI is InChI=1S/C43H74O35S/c1-66-37-27(61)20(54)32(11(4-46)69-37)75-40-28(62)21(55)34(13(6-48)70-40)76-42-30(64)23(57)36(78-41-29(63)22(56)33(12(5-47)71-41)74-38-25(59)18(52)16(50)9(2-44)67-38)15(72-42)8-79-43-31(65)24(58)35(14(7-49)73-43)77-39-26(60)19(53)17(51)10(3-45)68-39/h9-65H,2-8H2,1H3/t9-,10-,11-,12-,13-,14-,15-,16-,17-,18+,19+,20-,21-,22-,23-,24-,25-,26-,27-,28-,29-,30-,31-,32-,33-,34-,35-,36-,37+,38-,39-,40-,41-,42-,43-/m1/s1. The number of hydrogen-bond donors (Lipinski definition) is 22. The highest BCUT2D eigenvalue weighted by atomic mass is 32.2. The molecule has 7 fully saturated rings. The molecule has 79 heavy (non-hydrogen) atoms. The first kappa shape index (κ1) is 65.5. The van der Waals surface area contributed by atoms with E-state index in [1.807, 2.05) is 0 Å². The van der Waals surface area contributed by atoms with E-state index in [1.165, 1.54) is 0 Å². The quantitative estimate of drug-likeness (QED) is 0.0538. The Morgan fingerprint density at radius 1 is 0.266 bits per heavy atom. The molecule has 0 radical (unpaired) electrons. The Morgan fingerprint density at radius 2 is 0.506 bits per heavy atom. The second-order valence-electron chi connectivity index (χ2n) is 19.8. The van der Waals surface area contributed by atoms with Gasteiger partial charge in [0, 0.05) is 12.9 Å². The Bertz CT molecular complexity index is 1830. The second kappa shape index (κ2) is 28.4. The van der Waals surface area contributed by atoms with Crippen LogP contribution < -0.4 is 0 Å². The summed E-state index contributed by atoms with van der Waals surface area (Å²) in [5.74, 6) is -0.601. The van der Waals surface area contributed by atoms with Gasteiger partial charge in [-0.1, -0.05) is 0 Å². The first-order valence-corrected chi connectivity index (χ1v) is 26.1. The maximum Gasteiger partial charge on any atom is 0.187 e. The van der Waals surface area contributed by atoms with Crippen molar-refractivity contribution < 1.29 is 174 Å². The number of aliphatic hydroxyl groups is 22. The van der Waals surface area contributed by atoms with E-state index in [0.717, 1.165) is 7.11 Å². The molecule has 0 bridgehead atoms. The van der Waals surface area contributed by atoms with E-state index < -0.39 is 259 Å². The number of thioether (sulfide) groups is 1. The summed E-state index contributed by atoms with van der Waals surface area (Å²) < 4.78 is 73.1. The summed E-state index contributed by atoms with van der Waals surface area (Å²) in [4.78, 5) is 0. The molecular formula is C43H74O35S. The number of ether oxygens (including phenoxy) is 13. The van der Waals surface area contributed by atoms with Crippen molar-refractivity contribution in [3.8, 4) is 0 Å². The molecule has 0 spiro atoms. The molecular weight excluding hydrogens is 1110 g/mol. The van der Waals surface area contributed by atoms with Crippen molar-refractivity contribution in [1.29, 1.82) is 0 Å². The van der Waals surface area contributed by atoms with Crippen molar-refractivity contribution in [2.75, 3.05) is 52.5 Å². The van der Waals surface area contributed by atoms with Crippen molar-refractivity contribution >= 4 is 11.8 Å². The van der Waals surface area contributed by atoms with E-state index in [1.54, 1.807) is 0 Å². The molecule has 7 aliphatic rings. The van der Waals surface area contributed by atoms with Crippen molar-refractivity contribution in [2.24, 2.45) is 0 Å². The van der Waals surface area contributed by atoms with E-state index in [0.29, 0.717) is 11.8 Å². The molecule has 35 nitrogen and oxygen atoms in total. The Kier molecular flexibility index (Phi) is 23.6. The van der Waals surface area contributed by atoms with Gasteiger partial charge in [-0.2, -0.15) is 0 Å². The fraction of sp³-hybridized carbons (Fsp3) is 1.00. The highest BCUT2D eigenvalue weighted by molar-refractivity contribution is 7.99. The number of rotatable bonds is 20. The summed E-state index contributed by atoms with van der Waals surface area (Å²) in [6, 6.07) is 0. The lowest BCUT2D eigenvalue weighted by atomic mass is 9.95. The van der Waals surface area contributed by atoms with Crippen molar-refractivity contribution in [3.05, 3.63) is 0 Å². The molecule has 0 unspecified atom stereocenters. The van der Waals surface area contributed by atoms with E-state index in [2.05, 4.69) is 0 Å². The van der Waals surface area contributed by atoms with Gasteiger partial charge in [0.1, 0.15) is 170 Å². The fourth-order valence-corrected chi connectivity index (χ4v) is 11.3. The predicted octanol–water partition coefficient (Wildman–Crippen LogP) is -14.9. The van der Waals surface area contributed by atoms with Crippen LogP contribution in [0, 0.1) is 0 Å². The van der Waals surface area contributed by atoms with Crippen LogP contribution in [0.4, 0.5) is 0 Å². The summed E-state index contributed by atoms with van der Waals surface area (Å²) in [6.07, 6.45) is -63.9. The second-order valence-corrected chi connectivity index (χ2v) is 20.9. The maximum atomic E-state index is 11.8. The van der Waals surface area contributed by atoms with Gasteiger partial charge in [-0.3, -0.25) is 0 Å². The molecule has 7 aliphatic heterocycles. The molecule has 7 heterocycles. The molecule has 7 saturated heterocycles. The monoisotopic (exact) mass is 1180 g/mol. The average Bonchev–Trinajstić information content (AvgIpc) is 3.47. The van der Waals surface area contributed by atoms with Crippen LogP contribution >= 0.6 is 11.8 Å². The zero-order valence-corrected chi connectivity index (χ0v) is 42.5. The lowest BCUT2D eigenvalue weighted by Crippen LogP contribution is -2.68. The molecule has 0 aromatic carbocycles. The van der Waals surface area contributed by atoms with Crippen LogP contribution in [0.25, 0.3) is 0 Å². The van der Waals surface area contributed by atoms with Gasteiger partial charge in [0.15, 0.2) is 37.7 Å². The molecule has 35 atom stereocenters. The Hall–Kier alpha value is -1.05. The van der Waals surface area contributed by atoms with Crippen molar-refractivity contribution in [3.63, 3.8) is 0 Å². The average molecular weight is 1180 g/mol. The highest BCUT2D eigenvalue weighted by Crippen LogP contribution is 2.39. The lowest BCUT2D eigenvalue weighted by Gasteiger charge is -2.50. The minimum absolute atomic E-state index is 0.571. The number of hydrogen-bond acceptors (Lipinski definition) is 36. The summed E-state index contributed by atoms with van der Waals surface area (Å²) in [5.41, 5.74) is -1.61. The van der Waals surface area contributed by atoms with Crippen LogP contribution in [0.3, 0.4) is 0 Å². The minimum atomic E-state index is -2.28. The Morgan fingerprint density at radius 3 is 0.823 bits per heavy atom. The third kappa shape index (κ3) is 13.7. The predicted molar refractivity (Wildman–Crippen MR) is 243 cm³/mol. The molecule has 0 saturated carbocycles. The zero-order valence-electron chi connectivity index (χ0n) is 41.7. The highest BCUT2D eigenvalue weighted by Gasteiger charge is 2.58. The number of methoxy groups -OCH3 is 1. The first-order valence-electron chi connectivity index (χ1n) is 25.0. The van der Waals surface area contributed by atoms with Crippen LogP contribution in [0.5, 0.6) is 0 Å². The van der Waals surface area contributed by atoms with Gasteiger partial charge in [-0.25, -0.2) is 0 Å². The normalized spacial score (nSPS) is 53.0. The molecule has 0 aromatic rings. The van der Waals surface area contributed by atoms with Gasteiger partial charge in [0.25, 0.3) is 0 Å². The van der Waals surface area contributed by atoms with Gasteiger partial charge in [-0.05, 0) is 0 Å². The molecule has 36 heteroatoms. The van der Waals surface area contributed by atoms with Crippen LogP contribution in [0.15, 0.2) is 0 Å². The molecule has 462 valence electrons. The topological polar surface area (TPSA) is 565 Å². The smallest absolute Gasteiger partial charge is 0.187 e. The first-order chi connectivity index (χ1) is 37.5. The zero-order chi connectivity index (χ0) is 58.1. The molecule has 0 aliphatic carbocycles. The van der Waals surface area contributed by atoms with E-state index in [4.69, 9.17) is 61.6 Å². The van der Waals surface area contributed by atoms with Gasteiger partial charge in [0.2, 0.25) is 0 Å². The van der Waals surface area contributed by atoms with Crippen molar-refractivity contribution in [1.82, 2.24) is 0 Å². The van der Waals surface area contributed by atoms with Gasteiger partial charge < -0.3 is 174 Å². The summed E-state index contributed by atoms with van der Waals surface area (Å²) in [5, 5.41) is 235. The molecule has 7 rings (SSSR count). The van der Waals surface area contributed by atoms with Gasteiger partial charge >= 0.3 is 0 Å². The van der Waals surface area contributed by atoms with Crippen LogP contribution in [-0.2, 0) is 61.6 Å². The van der Waals surface area contributed by atoms with Crippen LogP contribution in [-0.4, -0.2) is 379 Å². The van der Waals surface area contributed by atoms with Gasteiger partial charge in [-0.15, -0.1) is 11.8 Å². The summed E-state index contributed by atoms with van der Waals surface area (Å²) >= 11 is 0.571. The van der Waals surface area contributed by atoms with Crippen LogP contribution in [0.2, 0.25) is 0 Å². The summed E-state index contributed by atoms with van der Waals surface area (Å²) in [6.45, 7) is -5.58. The lowest BCUT2D eigenvalue weighted by molar-refractivity contribution is -0.390. The van der Waals surface area contributed by atoms with E-state index in [9.17, 15) is 112 Å². The molecule has 22 N–H and O–H groups in total. The van der Waals surface area contributed by atoms with Crippen molar-refractivity contribution in [2.45, 2.75) is 214 Å². The number of aliphatic hydroxyl groups excluding tert-OH is 22. The third-order valence-corrected chi connectivity index (χ3v) is 16.0. The third-order valence-electron chi connectivity index (χ3n) is 14.7. The SMILES string of the molecule is CO[C@H]1O[C@H](CO)[C@@H](O[C@H]2O[C@H](CO)[C@@H](O[C@H]3O[C@H](CS[C@H]4O[C@H](CO)[C@@H](O[C@H]5O[C@H](CO)[C@@H](O)[C@H](O)[C@H]5O)[C@H](O)[C@H]4O)[C@@H](O[C@H]4O[C@H](CO)[C@@H](O[C@H]5O[C@H](CO)[C@@H](O)[C@H](O)[C@H]5O)[C@H](O)[C@H]4O)[C@H](O)[C@H]3O)[C@H](O)[C@H]2O)[C@H](O)[C@H]1O. The van der Waals surface area contributed by atoms with E-state index >= 15 is 0 Å². The van der Waals surface area contributed by atoms with Crippen LogP contribution in [0.1, 0.15) is 0 Å². The molecule has 0 amide bonds. The largest absolute Gasteiger partial charge is 0.394 e. The fourth-order valence-electron chi connectivity index (χ4n) is 10.1. The maximum absolute atomic E-state index is 11.8. The Labute approximate surface area is 451 Å². The Balaban J connectivity index is 1.10.